The number of nitrogens with zero attached hydrogens (tertiary/aromatic N) is 4. The van der Waals surface area contributed by atoms with Gasteiger partial charge in [-0.15, -0.1) is 0 Å². The number of aromatic nitrogens is 3. The Balaban J connectivity index is 2.26. The van der Waals surface area contributed by atoms with Crippen molar-refractivity contribution >= 4 is 35.1 Å². The highest BCUT2D eigenvalue weighted by atomic mass is 35.5. The van der Waals surface area contributed by atoms with Crippen LogP contribution in [-0.2, 0) is 0 Å². The van der Waals surface area contributed by atoms with E-state index in [0.29, 0.717) is 16.9 Å². The topological polar surface area (TPSA) is 53.9 Å². The van der Waals surface area contributed by atoms with Crippen LogP contribution in [0.15, 0.2) is 24.3 Å². The van der Waals surface area contributed by atoms with E-state index in [1.54, 1.807) is 0 Å². The first kappa shape index (κ1) is 15.8. The monoisotopic (exact) mass is 325 g/mol. The van der Waals surface area contributed by atoms with Crippen LogP contribution < -0.4 is 10.2 Å². The van der Waals surface area contributed by atoms with E-state index in [1.165, 1.54) is 0 Å². The summed E-state index contributed by atoms with van der Waals surface area (Å²) < 4.78 is 0. The second-order valence-electron chi connectivity index (χ2n) is 4.60. The normalized spacial score (nSPS) is 12.0. The summed E-state index contributed by atoms with van der Waals surface area (Å²) in [5.41, 5.74) is 1.11. The molecule has 1 N–H and O–H groups in total. The van der Waals surface area contributed by atoms with Crippen LogP contribution in [0.3, 0.4) is 0 Å². The van der Waals surface area contributed by atoms with Crippen LogP contribution in [0.1, 0.15) is 25.5 Å². The molecule has 5 nitrogen and oxygen atoms in total. The van der Waals surface area contributed by atoms with E-state index in [-0.39, 0.29) is 11.3 Å². The van der Waals surface area contributed by atoms with Gasteiger partial charge in [-0.1, -0.05) is 23.7 Å². The summed E-state index contributed by atoms with van der Waals surface area (Å²) in [6.07, 6.45) is 0. The fourth-order valence-corrected chi connectivity index (χ4v) is 2.15. The van der Waals surface area contributed by atoms with Crippen LogP contribution in [0, 0.1) is 0 Å². The Kier molecular flexibility index (Phi) is 5.20. The predicted octanol–water partition coefficient (Wildman–Crippen LogP) is 3.81. The average molecular weight is 326 g/mol. The largest absolute Gasteiger partial charge is 0.354 e. The zero-order valence-electron chi connectivity index (χ0n) is 12.1. The van der Waals surface area contributed by atoms with Gasteiger partial charge in [0.1, 0.15) is 0 Å². The van der Waals surface area contributed by atoms with Crippen LogP contribution in [-0.4, -0.2) is 28.5 Å². The molecular weight excluding hydrogens is 309 g/mol. The zero-order valence-corrected chi connectivity index (χ0v) is 13.7. The number of hydrogen-bond donors (Lipinski definition) is 1. The van der Waals surface area contributed by atoms with Gasteiger partial charge in [0.15, 0.2) is 0 Å². The van der Waals surface area contributed by atoms with Crippen molar-refractivity contribution in [3.05, 3.63) is 40.1 Å². The van der Waals surface area contributed by atoms with Gasteiger partial charge in [0.25, 0.3) is 0 Å². The third-order valence-corrected chi connectivity index (χ3v) is 3.60. The van der Waals surface area contributed by atoms with Gasteiger partial charge in [0.05, 0.1) is 6.04 Å². The summed E-state index contributed by atoms with van der Waals surface area (Å²) >= 11 is 11.9. The van der Waals surface area contributed by atoms with Gasteiger partial charge in [0, 0.05) is 18.6 Å². The molecule has 7 heteroatoms. The Morgan fingerprint density at radius 3 is 2.43 bits per heavy atom. The van der Waals surface area contributed by atoms with Gasteiger partial charge in [-0.2, -0.15) is 15.0 Å². The molecule has 0 aliphatic heterocycles. The number of halogens is 2. The smallest absolute Gasteiger partial charge is 0.231 e. The van der Waals surface area contributed by atoms with Crippen molar-refractivity contribution in [1.82, 2.24) is 15.0 Å². The molecule has 0 saturated carbocycles. The molecule has 0 fully saturated rings. The second kappa shape index (κ2) is 6.91. The Bertz CT molecular complexity index is 603. The number of benzene rings is 1. The lowest BCUT2D eigenvalue weighted by Crippen LogP contribution is -2.24. The van der Waals surface area contributed by atoms with Gasteiger partial charge < -0.3 is 10.2 Å². The van der Waals surface area contributed by atoms with Crippen LogP contribution in [0.4, 0.5) is 11.9 Å². The first-order chi connectivity index (χ1) is 10.0. The fraction of sp³-hybridized carbons (Fsp3) is 0.357. The molecule has 0 aliphatic carbocycles. The lowest BCUT2D eigenvalue weighted by atomic mass is 10.1. The maximum atomic E-state index is 5.95. The van der Waals surface area contributed by atoms with Crippen molar-refractivity contribution in [2.45, 2.75) is 19.9 Å². The van der Waals surface area contributed by atoms with E-state index in [4.69, 9.17) is 23.2 Å². The summed E-state index contributed by atoms with van der Waals surface area (Å²) in [6, 6.07) is 7.78. The van der Waals surface area contributed by atoms with E-state index in [1.807, 2.05) is 43.1 Å². The average Bonchev–Trinajstić information content (AvgIpc) is 2.46. The van der Waals surface area contributed by atoms with Crippen LogP contribution in [0.2, 0.25) is 10.3 Å². The van der Waals surface area contributed by atoms with E-state index in [2.05, 4.69) is 27.2 Å². The SMILES string of the molecule is CCNc1nc(Cl)nc(N(C)C(C)c2ccc(Cl)cc2)n1. The Morgan fingerprint density at radius 1 is 1.14 bits per heavy atom. The van der Waals surface area contributed by atoms with Crippen molar-refractivity contribution < 1.29 is 0 Å². The zero-order chi connectivity index (χ0) is 15.4. The molecule has 1 atom stereocenters. The highest BCUT2D eigenvalue weighted by Gasteiger charge is 2.16. The van der Waals surface area contributed by atoms with Crippen molar-refractivity contribution in [2.75, 3.05) is 23.8 Å². The van der Waals surface area contributed by atoms with Gasteiger partial charge in [-0.05, 0) is 43.1 Å². The maximum Gasteiger partial charge on any atom is 0.231 e. The van der Waals surface area contributed by atoms with Crippen LogP contribution >= 0.6 is 23.2 Å². The third kappa shape index (κ3) is 3.95. The summed E-state index contributed by atoms with van der Waals surface area (Å²) in [6.45, 7) is 4.75. The molecule has 1 aromatic carbocycles. The number of nitrogens with one attached hydrogen (secondary N) is 1. The quantitative estimate of drug-likeness (QED) is 0.905. The van der Waals surface area contributed by atoms with Gasteiger partial charge in [-0.25, -0.2) is 0 Å². The molecule has 112 valence electrons. The van der Waals surface area contributed by atoms with Crippen molar-refractivity contribution in [3.8, 4) is 0 Å². The van der Waals surface area contributed by atoms with Crippen LogP contribution in [0.25, 0.3) is 0 Å². The molecule has 2 rings (SSSR count). The number of rotatable bonds is 5. The highest BCUT2D eigenvalue weighted by Crippen LogP contribution is 2.25. The summed E-state index contributed by atoms with van der Waals surface area (Å²) in [4.78, 5) is 14.5. The van der Waals surface area contributed by atoms with E-state index in [9.17, 15) is 0 Å². The van der Waals surface area contributed by atoms with Gasteiger partial charge in [-0.3, -0.25) is 0 Å². The van der Waals surface area contributed by atoms with Gasteiger partial charge >= 0.3 is 0 Å². The van der Waals surface area contributed by atoms with Crippen molar-refractivity contribution in [2.24, 2.45) is 0 Å². The third-order valence-electron chi connectivity index (χ3n) is 3.18. The Morgan fingerprint density at radius 2 is 1.81 bits per heavy atom. The maximum absolute atomic E-state index is 5.95. The molecule has 1 heterocycles. The summed E-state index contributed by atoms with van der Waals surface area (Å²) in [5.74, 6) is 0.996. The molecule has 0 bridgehead atoms. The van der Waals surface area contributed by atoms with Crippen molar-refractivity contribution in [1.29, 1.82) is 0 Å². The summed E-state index contributed by atoms with van der Waals surface area (Å²) in [5, 5.41) is 3.93. The molecule has 0 radical (unpaired) electrons. The minimum absolute atomic E-state index is 0.0789. The molecule has 0 aliphatic rings. The molecule has 0 spiro atoms. The second-order valence-corrected chi connectivity index (χ2v) is 5.37. The fourth-order valence-electron chi connectivity index (χ4n) is 1.87. The molecule has 0 amide bonds. The lowest BCUT2D eigenvalue weighted by molar-refractivity contribution is 0.712. The highest BCUT2D eigenvalue weighted by molar-refractivity contribution is 6.30. The van der Waals surface area contributed by atoms with E-state index in [0.717, 1.165) is 12.1 Å². The first-order valence-electron chi connectivity index (χ1n) is 6.65. The molecule has 0 saturated heterocycles. The molecule has 2 aromatic rings. The number of anilines is 2. The molecule has 1 aromatic heterocycles. The van der Waals surface area contributed by atoms with Gasteiger partial charge in [0.2, 0.25) is 17.2 Å². The predicted molar refractivity (Wildman–Crippen MR) is 87.3 cm³/mol. The van der Waals surface area contributed by atoms with Crippen LogP contribution in [0.5, 0.6) is 0 Å². The molecular formula is C14H17Cl2N5. The minimum Gasteiger partial charge on any atom is -0.354 e. The molecule has 21 heavy (non-hydrogen) atoms. The minimum atomic E-state index is 0.0789. The Hall–Kier alpha value is -1.59. The summed E-state index contributed by atoms with van der Waals surface area (Å²) in [7, 11) is 1.92. The number of hydrogen-bond acceptors (Lipinski definition) is 5. The van der Waals surface area contributed by atoms with Crippen molar-refractivity contribution in [3.63, 3.8) is 0 Å². The Labute approximate surface area is 134 Å². The van der Waals surface area contributed by atoms with E-state index >= 15 is 0 Å². The molecule has 1 unspecified atom stereocenters. The lowest BCUT2D eigenvalue weighted by Gasteiger charge is -2.25. The standard InChI is InChI=1S/C14H17Cl2N5/c1-4-17-13-18-12(16)19-14(20-13)21(3)9(2)10-5-7-11(15)8-6-10/h5-9H,4H2,1-3H3,(H,17,18,19,20). The first-order valence-corrected chi connectivity index (χ1v) is 7.40. The van der Waals surface area contributed by atoms with E-state index < -0.39 is 0 Å².